The minimum atomic E-state index is -0.0247. The standard InChI is InChI=1S/C13H21N3O2/c1-3-7-15-9-11-4-5-12(10-16-11)18-8-6-13(17)14-2/h4-5,10,15H,3,6-9H2,1-2H3,(H,14,17). The fraction of sp³-hybridized carbons (Fsp3) is 0.538. The van der Waals surface area contributed by atoms with Gasteiger partial charge in [-0.15, -0.1) is 0 Å². The second-order valence-corrected chi connectivity index (χ2v) is 3.93. The normalized spacial score (nSPS) is 10.1. The van der Waals surface area contributed by atoms with Crippen LogP contribution < -0.4 is 15.4 Å². The van der Waals surface area contributed by atoms with Crippen molar-refractivity contribution >= 4 is 5.91 Å². The van der Waals surface area contributed by atoms with Crippen molar-refractivity contribution in [2.75, 3.05) is 20.2 Å². The van der Waals surface area contributed by atoms with Gasteiger partial charge in [-0.25, -0.2) is 0 Å². The number of aromatic nitrogens is 1. The van der Waals surface area contributed by atoms with Gasteiger partial charge in [-0.1, -0.05) is 6.92 Å². The summed E-state index contributed by atoms with van der Waals surface area (Å²) in [5.74, 6) is 0.668. The summed E-state index contributed by atoms with van der Waals surface area (Å²) in [6.45, 7) is 4.26. The van der Waals surface area contributed by atoms with Crippen molar-refractivity contribution in [2.45, 2.75) is 26.3 Å². The number of hydrogen-bond acceptors (Lipinski definition) is 4. The van der Waals surface area contributed by atoms with E-state index in [4.69, 9.17) is 4.74 Å². The molecule has 0 aromatic carbocycles. The Labute approximate surface area is 108 Å². The average molecular weight is 251 g/mol. The Morgan fingerprint density at radius 3 is 2.89 bits per heavy atom. The first-order valence-corrected chi connectivity index (χ1v) is 6.25. The molecule has 1 aromatic heterocycles. The maximum atomic E-state index is 11.0. The summed E-state index contributed by atoms with van der Waals surface area (Å²) >= 11 is 0. The van der Waals surface area contributed by atoms with Crippen LogP contribution in [0.25, 0.3) is 0 Å². The number of nitrogens with one attached hydrogen (secondary N) is 2. The van der Waals surface area contributed by atoms with E-state index in [1.54, 1.807) is 13.2 Å². The molecule has 0 saturated heterocycles. The van der Waals surface area contributed by atoms with E-state index in [0.717, 1.165) is 25.2 Å². The van der Waals surface area contributed by atoms with Crippen LogP contribution in [-0.4, -0.2) is 31.1 Å². The van der Waals surface area contributed by atoms with Gasteiger partial charge in [0.25, 0.3) is 0 Å². The van der Waals surface area contributed by atoms with Crippen molar-refractivity contribution in [2.24, 2.45) is 0 Å². The molecule has 1 aromatic rings. The zero-order valence-corrected chi connectivity index (χ0v) is 11.0. The maximum absolute atomic E-state index is 11.0. The second kappa shape index (κ2) is 8.47. The van der Waals surface area contributed by atoms with Crippen molar-refractivity contribution in [1.82, 2.24) is 15.6 Å². The minimum absolute atomic E-state index is 0.0247. The Bertz CT molecular complexity index is 352. The highest BCUT2D eigenvalue weighted by Gasteiger charge is 2.00. The van der Waals surface area contributed by atoms with Gasteiger partial charge in [-0.05, 0) is 25.1 Å². The molecule has 0 aliphatic carbocycles. The van der Waals surface area contributed by atoms with Gasteiger partial charge in [-0.2, -0.15) is 0 Å². The topological polar surface area (TPSA) is 63.2 Å². The van der Waals surface area contributed by atoms with E-state index in [2.05, 4.69) is 22.5 Å². The van der Waals surface area contributed by atoms with E-state index in [-0.39, 0.29) is 5.91 Å². The Balaban J connectivity index is 2.29. The van der Waals surface area contributed by atoms with Gasteiger partial charge in [0, 0.05) is 13.6 Å². The monoisotopic (exact) mass is 251 g/mol. The van der Waals surface area contributed by atoms with Crippen LogP contribution in [0.2, 0.25) is 0 Å². The summed E-state index contributed by atoms with van der Waals surface area (Å²) in [6.07, 6.45) is 3.16. The number of nitrogens with zero attached hydrogens (tertiary/aromatic N) is 1. The highest BCUT2D eigenvalue weighted by molar-refractivity contribution is 5.75. The third-order valence-corrected chi connectivity index (χ3v) is 2.41. The molecule has 0 spiro atoms. The van der Waals surface area contributed by atoms with E-state index < -0.39 is 0 Å². The SMILES string of the molecule is CCCNCc1ccc(OCCC(=O)NC)cn1. The lowest BCUT2D eigenvalue weighted by Gasteiger charge is -2.06. The Morgan fingerprint density at radius 1 is 1.44 bits per heavy atom. The van der Waals surface area contributed by atoms with Crippen LogP contribution >= 0.6 is 0 Å². The summed E-state index contributed by atoms with van der Waals surface area (Å²) in [5.41, 5.74) is 0.988. The van der Waals surface area contributed by atoms with Gasteiger partial charge < -0.3 is 15.4 Å². The largest absolute Gasteiger partial charge is 0.491 e. The van der Waals surface area contributed by atoms with Crippen LogP contribution in [0.3, 0.4) is 0 Å². The summed E-state index contributed by atoms with van der Waals surface area (Å²) in [5, 5.41) is 5.83. The van der Waals surface area contributed by atoms with Gasteiger partial charge >= 0.3 is 0 Å². The number of amides is 1. The molecule has 18 heavy (non-hydrogen) atoms. The van der Waals surface area contributed by atoms with Gasteiger partial charge in [0.2, 0.25) is 5.91 Å². The van der Waals surface area contributed by atoms with Crippen molar-refractivity contribution in [3.63, 3.8) is 0 Å². The van der Waals surface area contributed by atoms with Gasteiger partial charge in [0.1, 0.15) is 5.75 Å². The lowest BCUT2D eigenvalue weighted by Crippen LogP contribution is -2.20. The third-order valence-electron chi connectivity index (χ3n) is 2.41. The molecule has 0 aliphatic heterocycles. The Morgan fingerprint density at radius 2 is 2.28 bits per heavy atom. The van der Waals surface area contributed by atoms with Crippen molar-refractivity contribution < 1.29 is 9.53 Å². The molecule has 0 unspecified atom stereocenters. The summed E-state index contributed by atoms with van der Waals surface area (Å²) in [6, 6.07) is 3.80. The van der Waals surface area contributed by atoms with Crippen LogP contribution in [0.15, 0.2) is 18.3 Å². The predicted molar refractivity (Wildman–Crippen MR) is 70.4 cm³/mol. The van der Waals surface area contributed by atoms with E-state index >= 15 is 0 Å². The molecule has 2 N–H and O–H groups in total. The molecule has 1 rings (SSSR count). The first kappa shape index (κ1) is 14.4. The molecule has 1 heterocycles. The van der Waals surface area contributed by atoms with Crippen LogP contribution in [0.5, 0.6) is 5.75 Å². The summed E-state index contributed by atoms with van der Waals surface area (Å²) < 4.78 is 5.42. The Kier molecular flexibility index (Phi) is 6.79. The smallest absolute Gasteiger partial charge is 0.223 e. The molecule has 0 atom stereocenters. The molecule has 0 bridgehead atoms. The van der Waals surface area contributed by atoms with Crippen LogP contribution in [0, 0.1) is 0 Å². The molecule has 1 amide bonds. The number of ether oxygens (including phenoxy) is 1. The van der Waals surface area contributed by atoms with E-state index in [1.165, 1.54) is 0 Å². The number of hydrogen-bond donors (Lipinski definition) is 2. The van der Waals surface area contributed by atoms with E-state index in [1.807, 2.05) is 12.1 Å². The van der Waals surface area contributed by atoms with Crippen molar-refractivity contribution in [3.05, 3.63) is 24.0 Å². The zero-order valence-electron chi connectivity index (χ0n) is 11.0. The quantitative estimate of drug-likeness (QED) is 0.679. The summed E-state index contributed by atoms with van der Waals surface area (Å²) in [7, 11) is 1.61. The molecule has 0 fully saturated rings. The first-order chi connectivity index (χ1) is 8.76. The molecule has 5 nitrogen and oxygen atoms in total. The number of pyridine rings is 1. The predicted octanol–water partition coefficient (Wildman–Crippen LogP) is 1.10. The minimum Gasteiger partial charge on any atom is -0.491 e. The molecular formula is C13H21N3O2. The van der Waals surface area contributed by atoms with Crippen LogP contribution in [0.4, 0.5) is 0 Å². The average Bonchev–Trinajstić information content (AvgIpc) is 2.40. The van der Waals surface area contributed by atoms with Crippen LogP contribution in [-0.2, 0) is 11.3 Å². The third kappa shape index (κ3) is 5.63. The van der Waals surface area contributed by atoms with Gasteiger partial charge in [0.05, 0.1) is 24.9 Å². The Hall–Kier alpha value is -1.62. The van der Waals surface area contributed by atoms with Crippen molar-refractivity contribution in [3.8, 4) is 5.75 Å². The van der Waals surface area contributed by atoms with Gasteiger partial charge in [0.15, 0.2) is 0 Å². The molecule has 0 saturated carbocycles. The second-order valence-electron chi connectivity index (χ2n) is 3.93. The highest BCUT2D eigenvalue weighted by atomic mass is 16.5. The molecule has 5 heteroatoms. The zero-order chi connectivity index (χ0) is 13.2. The molecular weight excluding hydrogens is 230 g/mol. The van der Waals surface area contributed by atoms with Crippen molar-refractivity contribution in [1.29, 1.82) is 0 Å². The number of carbonyl (C=O) groups excluding carboxylic acids is 1. The van der Waals surface area contributed by atoms with E-state index in [0.29, 0.717) is 18.8 Å². The molecule has 100 valence electrons. The van der Waals surface area contributed by atoms with E-state index in [9.17, 15) is 4.79 Å². The fourth-order valence-corrected chi connectivity index (χ4v) is 1.38. The lowest BCUT2D eigenvalue weighted by atomic mass is 10.3. The fourth-order valence-electron chi connectivity index (χ4n) is 1.38. The first-order valence-electron chi connectivity index (χ1n) is 6.25. The lowest BCUT2D eigenvalue weighted by molar-refractivity contribution is -0.121. The molecule has 0 aliphatic rings. The maximum Gasteiger partial charge on any atom is 0.223 e. The summed E-state index contributed by atoms with van der Waals surface area (Å²) in [4.78, 5) is 15.3. The number of rotatable bonds is 8. The van der Waals surface area contributed by atoms with Gasteiger partial charge in [-0.3, -0.25) is 9.78 Å². The van der Waals surface area contributed by atoms with Crippen LogP contribution in [0.1, 0.15) is 25.5 Å². The highest BCUT2D eigenvalue weighted by Crippen LogP contribution is 2.09. The molecule has 0 radical (unpaired) electrons. The number of carbonyl (C=O) groups is 1.